The molecule has 5 rings (SSSR count). The Morgan fingerprint density at radius 1 is 1.09 bits per heavy atom. The van der Waals surface area contributed by atoms with Crippen molar-refractivity contribution in [1.29, 1.82) is 5.41 Å². The third-order valence-corrected chi connectivity index (χ3v) is 7.56. The zero-order valence-electron chi connectivity index (χ0n) is 20.1. The van der Waals surface area contributed by atoms with Gasteiger partial charge in [0.1, 0.15) is 17.5 Å². The standard InChI is InChI=1S/C27H29N5O2S/c1-16-7-6-8-17(2)26(16)22-15-25-31-27(30-22)32-35(33)24(28)14-20(29-3)12-18-11-19-9-4-5-10-21(19)23(13-18)34-25/h4-10,14-15,18,23,28-29H,11-13H2,1-3H3,(H,30,31,32)/b20-14-,28-24?. The molecule has 0 saturated carbocycles. The second kappa shape index (κ2) is 9.71. The fourth-order valence-corrected chi connectivity index (χ4v) is 5.66. The monoisotopic (exact) mass is 487 g/mol. The molecular formula is C27H29N5O2S. The first-order valence-electron chi connectivity index (χ1n) is 11.8. The molecule has 1 aliphatic heterocycles. The van der Waals surface area contributed by atoms with Crippen molar-refractivity contribution in [3.63, 3.8) is 0 Å². The largest absolute Gasteiger partial charge is 0.587 e. The van der Waals surface area contributed by atoms with Crippen LogP contribution < -0.4 is 14.8 Å². The summed E-state index contributed by atoms with van der Waals surface area (Å²) in [6, 6.07) is 16.3. The zero-order chi connectivity index (χ0) is 24.5. The summed E-state index contributed by atoms with van der Waals surface area (Å²) in [6.07, 6.45) is 3.96. The number of benzene rings is 2. The Hall–Kier alpha value is -3.36. The molecule has 2 aromatic carbocycles. The molecule has 0 amide bonds. The Labute approximate surface area is 208 Å². The highest BCUT2D eigenvalue weighted by Gasteiger charge is 2.30. The number of nitrogens with one attached hydrogen (secondary N) is 3. The number of allylic oxidation sites excluding steroid dienone is 1. The Morgan fingerprint density at radius 2 is 1.86 bits per heavy atom. The molecule has 2 heterocycles. The molecule has 1 aliphatic carbocycles. The SMILES string of the molecule is CN/C1=C\C(=N)[S+]([O-])Nc2nc(cc(-c3c(C)cccc3C)n2)OC2CC(C1)Cc1ccccc12. The Morgan fingerprint density at radius 3 is 2.63 bits per heavy atom. The number of hydrogen-bond donors (Lipinski definition) is 3. The fourth-order valence-electron chi connectivity index (χ4n) is 5.04. The maximum absolute atomic E-state index is 13.0. The number of hydrogen-bond acceptors (Lipinski definition) is 7. The van der Waals surface area contributed by atoms with Crippen molar-refractivity contribution in [2.75, 3.05) is 11.8 Å². The highest BCUT2D eigenvalue weighted by Crippen LogP contribution is 2.39. The van der Waals surface area contributed by atoms with Crippen molar-refractivity contribution >= 4 is 22.4 Å². The van der Waals surface area contributed by atoms with E-state index in [1.165, 1.54) is 11.1 Å². The molecule has 7 nitrogen and oxygen atoms in total. The Kier molecular flexibility index (Phi) is 6.49. The van der Waals surface area contributed by atoms with Crippen LogP contribution in [0.2, 0.25) is 0 Å². The summed E-state index contributed by atoms with van der Waals surface area (Å²) in [5.41, 5.74) is 7.16. The van der Waals surface area contributed by atoms with Gasteiger partial charge in [-0.15, -0.1) is 0 Å². The van der Waals surface area contributed by atoms with E-state index >= 15 is 0 Å². The zero-order valence-corrected chi connectivity index (χ0v) is 20.9. The number of aromatic nitrogens is 2. The molecular weight excluding hydrogens is 458 g/mol. The van der Waals surface area contributed by atoms with Crippen molar-refractivity contribution < 1.29 is 9.29 Å². The predicted octanol–water partition coefficient (Wildman–Crippen LogP) is 5.00. The van der Waals surface area contributed by atoms with Crippen LogP contribution in [0.3, 0.4) is 0 Å². The van der Waals surface area contributed by atoms with Gasteiger partial charge in [-0.3, -0.25) is 5.41 Å². The minimum absolute atomic E-state index is 0.0371. The third kappa shape index (κ3) is 4.90. The van der Waals surface area contributed by atoms with Crippen LogP contribution in [0.1, 0.15) is 41.2 Å². The van der Waals surface area contributed by atoms with E-state index in [1.807, 2.05) is 51.2 Å². The topological polar surface area (TPSA) is 106 Å². The third-order valence-electron chi connectivity index (χ3n) is 6.68. The molecule has 2 aliphatic rings. The van der Waals surface area contributed by atoms with E-state index in [1.54, 1.807) is 6.08 Å². The quantitative estimate of drug-likeness (QED) is 0.439. The second-order valence-electron chi connectivity index (χ2n) is 9.15. The molecule has 0 fully saturated rings. The van der Waals surface area contributed by atoms with Crippen LogP contribution in [0.15, 0.2) is 60.3 Å². The molecule has 8 heteroatoms. The molecule has 0 saturated heterocycles. The number of aryl methyl sites for hydroxylation is 2. The van der Waals surface area contributed by atoms with Crippen molar-refractivity contribution in [3.05, 3.63) is 82.6 Å². The van der Waals surface area contributed by atoms with Crippen LogP contribution in [0.5, 0.6) is 5.88 Å². The van der Waals surface area contributed by atoms with Gasteiger partial charge in [0.05, 0.1) is 5.69 Å². The molecule has 0 radical (unpaired) electrons. The minimum atomic E-state index is -1.82. The van der Waals surface area contributed by atoms with Gasteiger partial charge < -0.3 is 14.6 Å². The number of ether oxygens (including phenoxy) is 1. The van der Waals surface area contributed by atoms with E-state index in [0.717, 1.165) is 41.6 Å². The van der Waals surface area contributed by atoms with Crippen LogP contribution in [-0.2, 0) is 17.8 Å². The van der Waals surface area contributed by atoms with Crippen LogP contribution in [0.4, 0.5) is 5.95 Å². The van der Waals surface area contributed by atoms with E-state index in [4.69, 9.17) is 10.1 Å². The van der Waals surface area contributed by atoms with E-state index in [2.05, 4.69) is 38.2 Å². The van der Waals surface area contributed by atoms with Gasteiger partial charge in [-0.05, 0) is 61.3 Å². The molecule has 1 aromatic heterocycles. The first-order valence-corrected chi connectivity index (χ1v) is 12.9. The molecule has 3 N–H and O–H groups in total. The average molecular weight is 488 g/mol. The first kappa shape index (κ1) is 23.4. The number of fused-ring (bicyclic) bond motifs is 6. The maximum Gasteiger partial charge on any atom is 0.269 e. The number of nitrogens with zero attached hydrogens (tertiary/aromatic N) is 2. The molecule has 35 heavy (non-hydrogen) atoms. The normalized spacial score (nSPS) is 23.3. The Balaban J connectivity index is 1.65. The summed E-state index contributed by atoms with van der Waals surface area (Å²) in [6.45, 7) is 4.08. The summed E-state index contributed by atoms with van der Waals surface area (Å²) < 4.78 is 22.3. The maximum atomic E-state index is 13.0. The van der Waals surface area contributed by atoms with Crippen molar-refractivity contribution in [2.24, 2.45) is 5.92 Å². The van der Waals surface area contributed by atoms with Gasteiger partial charge in [0.25, 0.3) is 11.0 Å². The van der Waals surface area contributed by atoms with Crippen molar-refractivity contribution in [1.82, 2.24) is 15.3 Å². The van der Waals surface area contributed by atoms with Gasteiger partial charge in [0.15, 0.2) is 0 Å². The first-order chi connectivity index (χ1) is 16.9. The summed E-state index contributed by atoms with van der Waals surface area (Å²) in [5.74, 6) is 0.899. The van der Waals surface area contributed by atoms with E-state index in [-0.39, 0.29) is 17.1 Å². The minimum Gasteiger partial charge on any atom is -0.587 e. The van der Waals surface area contributed by atoms with Crippen LogP contribution in [0.25, 0.3) is 11.3 Å². The predicted molar refractivity (Wildman–Crippen MR) is 140 cm³/mol. The summed E-state index contributed by atoms with van der Waals surface area (Å²) >= 11 is -1.82. The second-order valence-corrected chi connectivity index (χ2v) is 10.3. The molecule has 4 bridgehead atoms. The summed E-state index contributed by atoms with van der Waals surface area (Å²) in [4.78, 5) is 9.22. The van der Waals surface area contributed by atoms with Crippen LogP contribution in [-0.4, -0.2) is 26.6 Å². The van der Waals surface area contributed by atoms with Crippen LogP contribution >= 0.6 is 0 Å². The van der Waals surface area contributed by atoms with Crippen molar-refractivity contribution in [3.8, 4) is 17.1 Å². The Bertz CT molecular complexity index is 1290. The van der Waals surface area contributed by atoms with Gasteiger partial charge >= 0.3 is 0 Å². The van der Waals surface area contributed by atoms with Gasteiger partial charge in [0.2, 0.25) is 5.88 Å². The molecule has 0 spiro atoms. The highest BCUT2D eigenvalue weighted by atomic mass is 32.2. The van der Waals surface area contributed by atoms with E-state index < -0.39 is 11.4 Å². The number of anilines is 1. The molecule has 3 unspecified atom stereocenters. The lowest BCUT2D eigenvalue weighted by Gasteiger charge is -2.32. The van der Waals surface area contributed by atoms with E-state index in [9.17, 15) is 4.55 Å². The van der Waals surface area contributed by atoms with Gasteiger partial charge in [0, 0.05) is 30.5 Å². The lowest BCUT2D eigenvalue weighted by atomic mass is 9.80. The summed E-state index contributed by atoms with van der Waals surface area (Å²) in [7, 11) is 1.83. The fraction of sp³-hybridized carbons (Fsp3) is 0.296. The average Bonchev–Trinajstić information content (AvgIpc) is 2.83. The van der Waals surface area contributed by atoms with E-state index in [0.29, 0.717) is 17.5 Å². The lowest BCUT2D eigenvalue weighted by Crippen LogP contribution is -2.25. The van der Waals surface area contributed by atoms with Crippen LogP contribution in [0, 0.1) is 25.2 Å². The number of rotatable bonds is 2. The van der Waals surface area contributed by atoms with Gasteiger partial charge in [-0.2, -0.15) is 9.71 Å². The highest BCUT2D eigenvalue weighted by molar-refractivity contribution is 8.07. The smallest absolute Gasteiger partial charge is 0.269 e. The van der Waals surface area contributed by atoms with Gasteiger partial charge in [-0.25, -0.2) is 4.98 Å². The van der Waals surface area contributed by atoms with Gasteiger partial charge in [-0.1, -0.05) is 42.5 Å². The lowest BCUT2D eigenvalue weighted by molar-refractivity contribution is 0.150. The molecule has 3 aromatic rings. The van der Waals surface area contributed by atoms with Crippen molar-refractivity contribution in [2.45, 2.75) is 39.2 Å². The summed E-state index contributed by atoms with van der Waals surface area (Å²) in [5, 5.41) is 11.5. The molecule has 3 atom stereocenters. The molecule has 180 valence electrons.